The topological polar surface area (TPSA) is 79.1 Å². The molecule has 3 aromatic carbocycles. The third-order valence-corrected chi connectivity index (χ3v) is 8.59. The first kappa shape index (κ1) is 30.3. The average Bonchev–Trinajstić information content (AvgIpc) is 3.30. The molecule has 0 amide bonds. The number of hydrogen-bond donors (Lipinski definition) is 0. The summed E-state index contributed by atoms with van der Waals surface area (Å²) in [5, 5.41) is 0. The molecule has 43 heavy (non-hydrogen) atoms. The van der Waals surface area contributed by atoms with Crippen molar-refractivity contribution in [1.82, 2.24) is 4.57 Å². The number of ether oxygens (including phenoxy) is 3. The van der Waals surface area contributed by atoms with Gasteiger partial charge in [0.15, 0.2) is 4.80 Å². The number of fused-ring (bicyclic) bond motifs is 1. The SMILES string of the molecule is C=CCc1cc(/C=c2/sc3n(c2=O)[C@H](c2ccc(OC)c(Br)c2)C(C(=O)OCC)=C(C)N=3)ccc1OCc1ccccc1. The molecule has 2 heterocycles. The molecule has 4 aromatic rings. The Hall–Kier alpha value is -4.21. The van der Waals surface area contributed by atoms with Crippen molar-refractivity contribution in [3.8, 4) is 11.5 Å². The van der Waals surface area contributed by atoms with E-state index in [4.69, 9.17) is 14.2 Å². The van der Waals surface area contributed by atoms with E-state index in [0.29, 0.717) is 43.9 Å². The summed E-state index contributed by atoms with van der Waals surface area (Å²) in [7, 11) is 1.58. The number of hydrogen-bond acceptors (Lipinski definition) is 7. The number of carbonyl (C=O) groups excluding carboxylic acids is 1. The molecule has 0 bridgehead atoms. The van der Waals surface area contributed by atoms with E-state index in [2.05, 4.69) is 27.5 Å². The fourth-order valence-electron chi connectivity index (χ4n) is 4.99. The van der Waals surface area contributed by atoms with Gasteiger partial charge in [0, 0.05) is 0 Å². The quantitative estimate of drug-likeness (QED) is 0.157. The molecule has 0 saturated heterocycles. The summed E-state index contributed by atoms with van der Waals surface area (Å²) in [6, 6.07) is 20.6. The molecule has 1 aliphatic rings. The highest BCUT2D eigenvalue weighted by Gasteiger charge is 2.33. The second kappa shape index (κ2) is 13.4. The van der Waals surface area contributed by atoms with E-state index in [1.807, 2.05) is 72.8 Å². The summed E-state index contributed by atoms with van der Waals surface area (Å²) in [5.41, 5.74) is 4.21. The van der Waals surface area contributed by atoms with Gasteiger partial charge in [0.1, 0.15) is 18.1 Å². The lowest BCUT2D eigenvalue weighted by molar-refractivity contribution is -0.139. The molecule has 1 atom stereocenters. The monoisotopic (exact) mass is 658 g/mol. The van der Waals surface area contributed by atoms with Crippen molar-refractivity contribution in [1.29, 1.82) is 0 Å². The number of benzene rings is 3. The molecule has 220 valence electrons. The van der Waals surface area contributed by atoms with Gasteiger partial charge in [-0.25, -0.2) is 9.79 Å². The zero-order valence-electron chi connectivity index (χ0n) is 24.1. The van der Waals surface area contributed by atoms with Gasteiger partial charge in [0.2, 0.25) is 0 Å². The smallest absolute Gasteiger partial charge is 0.338 e. The van der Waals surface area contributed by atoms with Crippen LogP contribution in [0.25, 0.3) is 6.08 Å². The van der Waals surface area contributed by atoms with E-state index in [1.165, 1.54) is 11.3 Å². The Balaban J connectivity index is 1.58. The number of aromatic nitrogens is 1. The number of esters is 1. The molecular formula is C34H31BrN2O5S. The van der Waals surface area contributed by atoms with E-state index < -0.39 is 12.0 Å². The molecule has 0 aliphatic carbocycles. The molecule has 7 nitrogen and oxygen atoms in total. The van der Waals surface area contributed by atoms with E-state index in [-0.39, 0.29) is 12.2 Å². The lowest BCUT2D eigenvalue weighted by atomic mass is 9.96. The van der Waals surface area contributed by atoms with Crippen LogP contribution in [-0.4, -0.2) is 24.3 Å². The first-order valence-corrected chi connectivity index (χ1v) is 15.4. The fraction of sp³-hybridized carbons (Fsp3) is 0.206. The van der Waals surface area contributed by atoms with Crippen LogP contribution >= 0.6 is 27.3 Å². The summed E-state index contributed by atoms with van der Waals surface area (Å²) in [4.78, 5) is 32.4. The largest absolute Gasteiger partial charge is 0.496 e. The molecule has 5 rings (SSSR count). The third kappa shape index (κ3) is 6.43. The summed E-state index contributed by atoms with van der Waals surface area (Å²) < 4.78 is 19.7. The first-order chi connectivity index (χ1) is 20.8. The van der Waals surface area contributed by atoms with Crippen LogP contribution in [0.3, 0.4) is 0 Å². The molecular weight excluding hydrogens is 628 g/mol. The zero-order valence-corrected chi connectivity index (χ0v) is 26.5. The molecule has 0 radical (unpaired) electrons. The minimum absolute atomic E-state index is 0.206. The number of thiazole rings is 1. The maximum atomic E-state index is 14.0. The maximum Gasteiger partial charge on any atom is 0.338 e. The van der Waals surface area contributed by atoms with Crippen LogP contribution in [0.5, 0.6) is 11.5 Å². The molecule has 9 heteroatoms. The van der Waals surface area contributed by atoms with Gasteiger partial charge in [-0.1, -0.05) is 59.9 Å². The molecule has 0 spiro atoms. The average molecular weight is 660 g/mol. The molecule has 0 fully saturated rings. The summed E-state index contributed by atoms with van der Waals surface area (Å²) in [6.07, 6.45) is 4.29. The maximum absolute atomic E-state index is 14.0. The molecule has 0 saturated carbocycles. The highest BCUT2D eigenvalue weighted by atomic mass is 79.9. The second-order valence-electron chi connectivity index (χ2n) is 9.83. The lowest BCUT2D eigenvalue weighted by Crippen LogP contribution is -2.40. The van der Waals surface area contributed by atoms with Crippen LogP contribution in [0.4, 0.5) is 0 Å². The van der Waals surface area contributed by atoms with Crippen LogP contribution in [0.15, 0.2) is 105 Å². The van der Waals surface area contributed by atoms with Crippen LogP contribution < -0.4 is 24.4 Å². The number of allylic oxidation sites excluding steroid dienone is 2. The molecule has 1 aliphatic heterocycles. The Bertz CT molecular complexity index is 1890. The summed E-state index contributed by atoms with van der Waals surface area (Å²) in [5.74, 6) is 0.901. The predicted octanol–water partition coefficient (Wildman–Crippen LogP) is 5.88. The van der Waals surface area contributed by atoms with Gasteiger partial charge in [-0.2, -0.15) is 0 Å². The number of methoxy groups -OCH3 is 1. The summed E-state index contributed by atoms with van der Waals surface area (Å²) >= 11 is 4.83. The van der Waals surface area contributed by atoms with Gasteiger partial charge in [0.05, 0.1) is 40.0 Å². The number of nitrogens with zero attached hydrogens (tertiary/aromatic N) is 2. The lowest BCUT2D eigenvalue weighted by Gasteiger charge is -2.25. The first-order valence-electron chi connectivity index (χ1n) is 13.8. The van der Waals surface area contributed by atoms with Gasteiger partial charge >= 0.3 is 5.97 Å². The number of rotatable bonds is 10. The fourth-order valence-corrected chi connectivity index (χ4v) is 6.60. The zero-order chi connectivity index (χ0) is 30.5. The van der Waals surface area contributed by atoms with Crippen molar-refractivity contribution in [3.05, 3.63) is 137 Å². The second-order valence-corrected chi connectivity index (χ2v) is 11.7. The van der Waals surface area contributed by atoms with E-state index >= 15 is 0 Å². The van der Waals surface area contributed by atoms with Crippen molar-refractivity contribution in [2.75, 3.05) is 13.7 Å². The highest BCUT2D eigenvalue weighted by Crippen LogP contribution is 2.35. The number of carbonyl (C=O) groups is 1. The Morgan fingerprint density at radius 3 is 2.58 bits per heavy atom. The van der Waals surface area contributed by atoms with Crippen molar-refractivity contribution >= 4 is 39.3 Å². The van der Waals surface area contributed by atoms with Crippen LogP contribution in [-0.2, 0) is 22.6 Å². The van der Waals surface area contributed by atoms with Crippen molar-refractivity contribution < 1.29 is 19.0 Å². The summed E-state index contributed by atoms with van der Waals surface area (Å²) in [6.45, 7) is 8.08. The van der Waals surface area contributed by atoms with Crippen LogP contribution in [0.2, 0.25) is 0 Å². The predicted molar refractivity (Wildman–Crippen MR) is 172 cm³/mol. The normalized spacial score (nSPS) is 14.6. The van der Waals surface area contributed by atoms with Crippen LogP contribution in [0, 0.1) is 0 Å². The molecule has 1 aromatic heterocycles. The minimum Gasteiger partial charge on any atom is -0.496 e. The van der Waals surface area contributed by atoms with Crippen LogP contribution in [0.1, 0.15) is 42.1 Å². The standard InChI is InChI=1S/C34H31BrN2O5S/c1-5-10-24-17-23(13-15-27(24)42-20-22-11-8-7-9-12-22)18-29-32(38)37-31(25-14-16-28(40-4)26(35)19-25)30(33(39)41-6-2)21(3)36-34(37)43-29/h5,7-9,11-19,31H,1,6,10,20H2,2-4H3/b29-18+/t31-/m1/s1. The third-order valence-electron chi connectivity index (χ3n) is 6.99. The van der Waals surface area contributed by atoms with E-state index in [9.17, 15) is 9.59 Å². The molecule has 0 unspecified atom stereocenters. The van der Waals surface area contributed by atoms with Crippen molar-refractivity contribution in [2.24, 2.45) is 4.99 Å². The van der Waals surface area contributed by atoms with Crippen molar-refractivity contribution in [2.45, 2.75) is 32.9 Å². The van der Waals surface area contributed by atoms with Crippen molar-refractivity contribution in [3.63, 3.8) is 0 Å². The van der Waals surface area contributed by atoms with E-state index in [0.717, 1.165) is 28.0 Å². The Morgan fingerprint density at radius 1 is 1.12 bits per heavy atom. The highest BCUT2D eigenvalue weighted by molar-refractivity contribution is 9.10. The van der Waals surface area contributed by atoms with E-state index in [1.54, 1.807) is 31.6 Å². The minimum atomic E-state index is -0.718. The Labute approximate surface area is 262 Å². The Morgan fingerprint density at radius 2 is 1.88 bits per heavy atom. The van der Waals surface area contributed by atoms with Gasteiger partial charge < -0.3 is 14.2 Å². The van der Waals surface area contributed by atoms with Gasteiger partial charge in [-0.15, -0.1) is 6.58 Å². The van der Waals surface area contributed by atoms with Gasteiger partial charge in [-0.3, -0.25) is 9.36 Å². The molecule has 0 N–H and O–H groups in total. The van der Waals surface area contributed by atoms with Gasteiger partial charge in [-0.05, 0) is 88.8 Å². The number of halogens is 1. The van der Waals surface area contributed by atoms with Gasteiger partial charge in [0.25, 0.3) is 5.56 Å². The Kier molecular flexibility index (Phi) is 9.43.